The third-order valence-electron chi connectivity index (χ3n) is 5.01. The second kappa shape index (κ2) is 7.66. The molecule has 4 rings (SSSR count). The lowest BCUT2D eigenvalue weighted by molar-refractivity contribution is 0.542. The number of pyridine rings is 1. The highest BCUT2D eigenvalue weighted by molar-refractivity contribution is 7.91. The highest BCUT2D eigenvalue weighted by atomic mass is 35.5. The lowest BCUT2D eigenvalue weighted by Gasteiger charge is -2.32. The molecular formula is C19H18Cl2N6O2S. The molecule has 11 heteroatoms. The predicted octanol–water partition coefficient (Wildman–Crippen LogP) is 2.62. The average molecular weight is 465 g/mol. The van der Waals surface area contributed by atoms with Gasteiger partial charge < -0.3 is 5.73 Å². The quantitative estimate of drug-likeness (QED) is 0.601. The Labute approximate surface area is 183 Å². The van der Waals surface area contributed by atoms with Gasteiger partial charge in [0.05, 0.1) is 16.6 Å². The number of hydrogen-bond donors (Lipinski definition) is 2. The van der Waals surface area contributed by atoms with Crippen molar-refractivity contribution in [2.75, 3.05) is 19.3 Å². The number of sulfonamides is 1. The van der Waals surface area contributed by atoms with Crippen LogP contribution < -0.4 is 10.5 Å². The van der Waals surface area contributed by atoms with Crippen LogP contribution in [0.3, 0.4) is 0 Å². The molecule has 156 valence electrons. The Bertz CT molecular complexity index is 1300. The Morgan fingerprint density at radius 3 is 2.83 bits per heavy atom. The molecule has 1 atom stereocenters. The summed E-state index contributed by atoms with van der Waals surface area (Å²) in [5, 5.41) is 4.80. The van der Waals surface area contributed by atoms with Crippen molar-refractivity contribution < 1.29 is 8.42 Å². The molecule has 3 heterocycles. The fraction of sp³-hybridized carbons (Fsp3) is 0.211. The molecule has 3 N–H and O–H groups in total. The van der Waals surface area contributed by atoms with E-state index in [1.165, 1.54) is 11.6 Å². The Balaban J connectivity index is 1.84. The average Bonchev–Trinajstić information content (AvgIpc) is 3.10. The summed E-state index contributed by atoms with van der Waals surface area (Å²) in [6.45, 7) is 0.0427. The Kier molecular flexibility index (Phi) is 5.31. The number of anilines is 1. The van der Waals surface area contributed by atoms with E-state index in [0.29, 0.717) is 26.8 Å². The van der Waals surface area contributed by atoms with E-state index < -0.39 is 14.8 Å². The van der Waals surface area contributed by atoms with Gasteiger partial charge in [0.25, 0.3) is 0 Å². The molecule has 30 heavy (non-hydrogen) atoms. The Morgan fingerprint density at radius 2 is 2.07 bits per heavy atom. The minimum absolute atomic E-state index is 0.0427. The molecule has 0 spiro atoms. The standard InChI is InChI=1S/C19H18Cl2N6O2S/c1-23-30(28,29)19(7-12-3-2-4-15(20)17(12)21)8-14(9-24-11-19)13-5-6-16-25-18(22)26-27(16)10-13/h2-6,8-10,23H,7,11H2,1H3,(H2,22,26). The first-order valence-electron chi connectivity index (χ1n) is 8.96. The Morgan fingerprint density at radius 1 is 1.27 bits per heavy atom. The number of nitrogen functional groups attached to an aromatic ring is 1. The monoisotopic (exact) mass is 464 g/mol. The van der Waals surface area contributed by atoms with E-state index in [9.17, 15) is 8.42 Å². The SMILES string of the molecule is CNS(=O)(=O)C1(Cc2cccc(Cl)c2Cl)C=C(c2ccc3nc(N)nn3c2)C=NC1. The zero-order chi connectivity index (χ0) is 21.5. The van der Waals surface area contributed by atoms with Crippen molar-refractivity contribution in [3.05, 3.63) is 63.8 Å². The van der Waals surface area contributed by atoms with Crippen molar-refractivity contribution in [3.63, 3.8) is 0 Å². The summed E-state index contributed by atoms with van der Waals surface area (Å²) in [6, 6.07) is 8.73. The highest BCUT2D eigenvalue weighted by Gasteiger charge is 2.43. The molecule has 0 bridgehead atoms. The van der Waals surface area contributed by atoms with Gasteiger partial charge in [-0.05, 0) is 36.4 Å². The summed E-state index contributed by atoms with van der Waals surface area (Å²) < 4.78 is 28.9. The number of aromatic nitrogens is 3. The number of allylic oxidation sites excluding steroid dienone is 1. The summed E-state index contributed by atoms with van der Waals surface area (Å²) in [7, 11) is -2.40. The van der Waals surface area contributed by atoms with Crippen LogP contribution in [0.25, 0.3) is 11.2 Å². The molecule has 0 fully saturated rings. The molecule has 1 aliphatic heterocycles. The van der Waals surface area contributed by atoms with E-state index in [2.05, 4.69) is 19.8 Å². The van der Waals surface area contributed by atoms with Gasteiger partial charge in [0, 0.05) is 24.4 Å². The summed E-state index contributed by atoms with van der Waals surface area (Å²) in [5.74, 6) is 0.154. The van der Waals surface area contributed by atoms with Crippen LogP contribution >= 0.6 is 23.2 Å². The minimum Gasteiger partial charge on any atom is -0.366 e. The maximum atomic E-state index is 13.1. The van der Waals surface area contributed by atoms with E-state index in [-0.39, 0.29) is 18.9 Å². The number of rotatable bonds is 5. The predicted molar refractivity (Wildman–Crippen MR) is 120 cm³/mol. The summed E-state index contributed by atoms with van der Waals surface area (Å²) >= 11 is 12.5. The van der Waals surface area contributed by atoms with Crippen LogP contribution in [0.4, 0.5) is 5.95 Å². The van der Waals surface area contributed by atoms with Gasteiger partial charge in [-0.1, -0.05) is 41.4 Å². The number of benzene rings is 1. The molecule has 0 saturated carbocycles. The molecule has 1 aromatic carbocycles. The molecule has 1 unspecified atom stereocenters. The molecule has 3 aromatic rings. The number of nitrogens with two attached hydrogens (primary N) is 1. The van der Waals surface area contributed by atoms with Crippen LogP contribution in [0.15, 0.2) is 47.6 Å². The third-order valence-corrected chi connectivity index (χ3v) is 7.87. The van der Waals surface area contributed by atoms with Crippen LogP contribution in [-0.2, 0) is 16.4 Å². The van der Waals surface area contributed by atoms with Crippen LogP contribution in [0.2, 0.25) is 10.0 Å². The normalized spacial score (nSPS) is 19.2. The summed E-state index contributed by atoms with van der Waals surface area (Å²) in [5.41, 5.74) is 8.22. The summed E-state index contributed by atoms with van der Waals surface area (Å²) in [6.07, 6.45) is 5.18. The fourth-order valence-electron chi connectivity index (χ4n) is 3.47. The van der Waals surface area contributed by atoms with Crippen molar-refractivity contribution in [3.8, 4) is 0 Å². The van der Waals surface area contributed by atoms with Gasteiger partial charge in [-0.3, -0.25) is 4.99 Å². The van der Waals surface area contributed by atoms with E-state index >= 15 is 0 Å². The molecule has 2 aromatic heterocycles. The van der Waals surface area contributed by atoms with Crippen molar-refractivity contribution in [1.82, 2.24) is 19.3 Å². The first-order chi connectivity index (χ1) is 14.2. The third kappa shape index (κ3) is 3.58. The van der Waals surface area contributed by atoms with Gasteiger partial charge in [0.2, 0.25) is 16.0 Å². The number of nitrogens with zero attached hydrogens (tertiary/aromatic N) is 4. The van der Waals surface area contributed by atoms with Crippen molar-refractivity contribution >= 4 is 56.6 Å². The fourth-order valence-corrected chi connectivity index (χ4v) is 5.13. The van der Waals surface area contributed by atoms with Gasteiger partial charge in [-0.2, -0.15) is 4.98 Å². The van der Waals surface area contributed by atoms with Crippen molar-refractivity contribution in [2.45, 2.75) is 11.2 Å². The zero-order valence-corrected chi connectivity index (χ0v) is 18.2. The van der Waals surface area contributed by atoms with Crippen molar-refractivity contribution in [2.24, 2.45) is 4.99 Å². The number of hydrogen-bond acceptors (Lipinski definition) is 6. The molecule has 0 radical (unpaired) electrons. The molecule has 8 nitrogen and oxygen atoms in total. The summed E-state index contributed by atoms with van der Waals surface area (Å²) in [4.78, 5) is 8.48. The number of fused-ring (bicyclic) bond motifs is 1. The number of dihydropyridines is 1. The topological polar surface area (TPSA) is 115 Å². The van der Waals surface area contributed by atoms with E-state index in [1.807, 2.05) is 6.07 Å². The Hall–Kier alpha value is -2.46. The van der Waals surface area contributed by atoms with E-state index in [1.54, 1.807) is 42.8 Å². The van der Waals surface area contributed by atoms with Crippen LogP contribution in [0.5, 0.6) is 0 Å². The van der Waals surface area contributed by atoms with Gasteiger partial charge in [-0.15, -0.1) is 5.10 Å². The van der Waals surface area contributed by atoms with Gasteiger partial charge in [0.1, 0.15) is 4.75 Å². The first-order valence-corrected chi connectivity index (χ1v) is 11.2. The van der Waals surface area contributed by atoms with Gasteiger partial charge >= 0.3 is 0 Å². The molecule has 0 saturated heterocycles. The second-order valence-electron chi connectivity index (χ2n) is 6.92. The largest absolute Gasteiger partial charge is 0.366 e. The second-order valence-corrected chi connectivity index (χ2v) is 9.94. The zero-order valence-electron chi connectivity index (χ0n) is 15.9. The lowest BCUT2D eigenvalue weighted by atomic mass is 9.92. The van der Waals surface area contributed by atoms with Gasteiger partial charge in [0.15, 0.2) is 5.65 Å². The van der Waals surface area contributed by atoms with Crippen LogP contribution in [-0.4, -0.2) is 47.6 Å². The maximum Gasteiger partial charge on any atom is 0.240 e. The molecule has 0 aliphatic carbocycles. The molecule has 0 amide bonds. The van der Waals surface area contributed by atoms with Crippen molar-refractivity contribution in [1.29, 1.82) is 0 Å². The molecular weight excluding hydrogens is 447 g/mol. The van der Waals surface area contributed by atoms with Gasteiger partial charge in [-0.25, -0.2) is 17.7 Å². The highest BCUT2D eigenvalue weighted by Crippen LogP contribution is 2.35. The van der Waals surface area contributed by atoms with E-state index in [4.69, 9.17) is 28.9 Å². The maximum absolute atomic E-state index is 13.1. The first kappa shape index (κ1) is 20.8. The van der Waals surface area contributed by atoms with Crippen LogP contribution in [0, 0.1) is 0 Å². The van der Waals surface area contributed by atoms with E-state index in [0.717, 1.165) is 5.56 Å². The van der Waals surface area contributed by atoms with Crippen LogP contribution in [0.1, 0.15) is 11.1 Å². The lowest BCUT2D eigenvalue weighted by Crippen LogP contribution is -2.49. The number of nitrogens with one attached hydrogen (secondary N) is 1. The smallest absolute Gasteiger partial charge is 0.240 e. The number of aliphatic imine (C=N–C) groups is 1. The molecule has 1 aliphatic rings. The minimum atomic E-state index is -3.79. The number of halogens is 2.